The largest absolute Gasteiger partial charge is 0.299 e. The van der Waals surface area contributed by atoms with Crippen LogP contribution in [0.5, 0.6) is 0 Å². The van der Waals surface area contributed by atoms with Gasteiger partial charge in [-0.05, 0) is 13.8 Å². The van der Waals surface area contributed by atoms with E-state index in [1.54, 1.807) is 6.92 Å². The third-order valence-corrected chi connectivity index (χ3v) is 4.43. The Bertz CT molecular complexity index is 231. The maximum absolute atomic E-state index is 11.4. The van der Waals surface area contributed by atoms with Crippen molar-refractivity contribution in [3.8, 4) is 0 Å². The van der Waals surface area contributed by atoms with Gasteiger partial charge in [0, 0.05) is 0 Å². The van der Waals surface area contributed by atoms with E-state index < -0.39 is 8.07 Å². The van der Waals surface area contributed by atoms with Crippen LogP contribution in [0.25, 0.3) is 0 Å². The molecule has 0 aromatic rings. The molecular weight excluding hydrogens is 176 g/mol. The molecule has 0 fully saturated rings. The third kappa shape index (κ3) is 3.31. The maximum Gasteiger partial charge on any atom is 0.140 e. The minimum absolute atomic E-state index is 0.119. The molecule has 0 amide bonds. The lowest BCUT2D eigenvalue weighted by Gasteiger charge is -2.26. The van der Waals surface area contributed by atoms with Crippen LogP contribution in [0.2, 0.25) is 19.6 Å². The summed E-state index contributed by atoms with van der Waals surface area (Å²) in [5, 5.41) is 1.09. The fraction of sp³-hybridized carbons (Fsp3) is 0.545. The Morgan fingerprint density at radius 3 is 1.62 bits per heavy atom. The molecule has 2 heteroatoms. The number of hydrogen-bond acceptors (Lipinski definition) is 1. The van der Waals surface area contributed by atoms with E-state index in [2.05, 4.69) is 32.8 Å². The van der Waals surface area contributed by atoms with Crippen LogP contribution in [0.15, 0.2) is 23.9 Å². The van der Waals surface area contributed by atoms with Crippen LogP contribution in [0.3, 0.4) is 0 Å². The average Bonchev–Trinajstić information content (AvgIpc) is 1.82. The van der Waals surface area contributed by atoms with Gasteiger partial charge in [0.1, 0.15) is 5.78 Å². The molecule has 1 atom stereocenters. The second kappa shape index (κ2) is 4.05. The summed E-state index contributed by atoms with van der Waals surface area (Å²) in [5.74, 6) is 0.0478. The zero-order valence-corrected chi connectivity index (χ0v) is 10.4. The van der Waals surface area contributed by atoms with Crippen molar-refractivity contribution in [3.63, 3.8) is 0 Å². The van der Waals surface area contributed by atoms with Gasteiger partial charge >= 0.3 is 0 Å². The smallest absolute Gasteiger partial charge is 0.140 e. The monoisotopic (exact) mass is 196 g/mol. The Balaban J connectivity index is 4.89. The number of Topliss-reactive ketones (excluding diaryl/α,β-unsaturated/α-hetero) is 1. The van der Waals surface area contributed by atoms with E-state index in [0.717, 1.165) is 10.8 Å². The lowest BCUT2D eigenvalue weighted by molar-refractivity contribution is -0.118. The third-order valence-electron chi connectivity index (χ3n) is 2.21. The number of carbonyl (C=O) groups excluding carboxylic acids is 1. The summed E-state index contributed by atoms with van der Waals surface area (Å²) in [6.45, 7) is 18.0. The summed E-state index contributed by atoms with van der Waals surface area (Å²) in [6.07, 6.45) is 0. The molecule has 0 aromatic heterocycles. The summed E-state index contributed by atoms with van der Waals surface area (Å²) in [6, 6.07) is 0. The first-order valence-corrected chi connectivity index (χ1v) is 8.03. The highest BCUT2D eigenvalue weighted by atomic mass is 28.3. The van der Waals surface area contributed by atoms with Gasteiger partial charge in [-0.15, -0.1) is 6.58 Å². The molecule has 1 nitrogen and oxygen atoms in total. The second-order valence-corrected chi connectivity index (χ2v) is 9.81. The van der Waals surface area contributed by atoms with Crippen molar-refractivity contribution in [2.24, 2.45) is 5.92 Å². The number of ketones is 1. The molecule has 0 spiro atoms. The Morgan fingerprint density at radius 2 is 1.54 bits per heavy atom. The van der Waals surface area contributed by atoms with Crippen LogP contribution in [-0.2, 0) is 4.79 Å². The highest BCUT2D eigenvalue weighted by Crippen LogP contribution is 2.26. The van der Waals surface area contributed by atoms with Crippen LogP contribution in [-0.4, -0.2) is 13.9 Å². The fourth-order valence-electron chi connectivity index (χ4n) is 1.32. The number of carbonyl (C=O) groups is 1. The van der Waals surface area contributed by atoms with Crippen LogP contribution in [0, 0.1) is 5.92 Å². The molecule has 0 heterocycles. The summed E-state index contributed by atoms with van der Waals surface area (Å²) in [5.41, 5.74) is 0.917. The van der Waals surface area contributed by atoms with Gasteiger partial charge in [0.25, 0.3) is 0 Å². The number of rotatable bonds is 4. The first kappa shape index (κ1) is 12.4. The molecule has 0 aliphatic heterocycles. The molecule has 0 radical (unpaired) electrons. The normalized spacial score (nSPS) is 13.6. The highest BCUT2D eigenvalue weighted by molar-refractivity contribution is 6.83. The molecule has 0 aliphatic carbocycles. The molecule has 1 unspecified atom stereocenters. The zero-order valence-electron chi connectivity index (χ0n) is 9.40. The van der Waals surface area contributed by atoms with E-state index in [1.807, 2.05) is 6.92 Å². The summed E-state index contributed by atoms with van der Waals surface area (Å²) in [7, 11) is -1.43. The molecule has 0 bridgehead atoms. The van der Waals surface area contributed by atoms with E-state index in [-0.39, 0.29) is 11.7 Å². The van der Waals surface area contributed by atoms with Gasteiger partial charge in [-0.1, -0.05) is 37.0 Å². The molecule has 0 saturated heterocycles. The van der Waals surface area contributed by atoms with Crippen molar-refractivity contribution in [1.82, 2.24) is 0 Å². The Hall–Kier alpha value is -0.633. The van der Waals surface area contributed by atoms with Crippen LogP contribution >= 0.6 is 0 Å². The lowest BCUT2D eigenvalue weighted by Crippen LogP contribution is -2.32. The topological polar surface area (TPSA) is 17.1 Å². The molecule has 0 N–H and O–H groups in total. The first-order chi connectivity index (χ1) is 5.68. The standard InChI is InChI=1S/C11H20OSi/c1-8(2)11(9(3)12)10(4)13(5,6)7/h11H,1,4H2,2-3,5-7H3. The van der Waals surface area contributed by atoms with Gasteiger partial charge in [-0.25, -0.2) is 0 Å². The van der Waals surface area contributed by atoms with Gasteiger partial charge in [-0.3, -0.25) is 4.79 Å². The number of hydrogen-bond donors (Lipinski definition) is 0. The van der Waals surface area contributed by atoms with E-state index in [0.29, 0.717) is 0 Å². The van der Waals surface area contributed by atoms with Crippen molar-refractivity contribution >= 4 is 13.9 Å². The molecule has 13 heavy (non-hydrogen) atoms. The van der Waals surface area contributed by atoms with Gasteiger partial charge < -0.3 is 0 Å². The highest BCUT2D eigenvalue weighted by Gasteiger charge is 2.28. The second-order valence-electron chi connectivity index (χ2n) is 4.67. The zero-order chi connectivity index (χ0) is 10.8. The first-order valence-electron chi connectivity index (χ1n) is 4.53. The van der Waals surface area contributed by atoms with E-state index in [4.69, 9.17) is 0 Å². The molecule has 0 aromatic carbocycles. The van der Waals surface area contributed by atoms with Crippen molar-refractivity contribution in [2.75, 3.05) is 0 Å². The van der Waals surface area contributed by atoms with Crippen molar-refractivity contribution in [1.29, 1.82) is 0 Å². The van der Waals surface area contributed by atoms with E-state index in [9.17, 15) is 4.79 Å². The summed E-state index contributed by atoms with van der Waals surface area (Å²) in [4.78, 5) is 11.4. The molecule has 0 saturated carbocycles. The Labute approximate surface area is 82.6 Å². The predicted octanol–water partition coefficient (Wildman–Crippen LogP) is 3.20. The fourth-order valence-corrected chi connectivity index (χ4v) is 2.64. The van der Waals surface area contributed by atoms with Crippen LogP contribution in [0.4, 0.5) is 0 Å². The van der Waals surface area contributed by atoms with Crippen molar-refractivity contribution in [3.05, 3.63) is 23.9 Å². The molecular formula is C11H20OSi. The minimum atomic E-state index is -1.43. The Kier molecular flexibility index (Phi) is 3.85. The summed E-state index contributed by atoms with van der Waals surface area (Å²) >= 11 is 0. The average molecular weight is 196 g/mol. The summed E-state index contributed by atoms with van der Waals surface area (Å²) < 4.78 is 0. The Morgan fingerprint density at radius 1 is 1.15 bits per heavy atom. The van der Waals surface area contributed by atoms with Gasteiger partial charge in [0.15, 0.2) is 0 Å². The van der Waals surface area contributed by atoms with Gasteiger partial charge in [0.2, 0.25) is 0 Å². The van der Waals surface area contributed by atoms with Crippen molar-refractivity contribution < 1.29 is 4.79 Å². The van der Waals surface area contributed by atoms with Crippen LogP contribution in [0.1, 0.15) is 13.8 Å². The molecule has 0 aliphatic rings. The van der Waals surface area contributed by atoms with Gasteiger partial charge in [-0.2, -0.15) is 0 Å². The minimum Gasteiger partial charge on any atom is -0.299 e. The van der Waals surface area contributed by atoms with E-state index in [1.165, 1.54) is 0 Å². The predicted molar refractivity (Wildman–Crippen MR) is 61.5 cm³/mol. The van der Waals surface area contributed by atoms with Crippen molar-refractivity contribution in [2.45, 2.75) is 33.5 Å². The van der Waals surface area contributed by atoms with E-state index >= 15 is 0 Å². The maximum atomic E-state index is 11.4. The SMILES string of the molecule is C=C(C)C(C(=C)[Si](C)(C)C)C(C)=O. The lowest BCUT2D eigenvalue weighted by atomic mass is 9.98. The van der Waals surface area contributed by atoms with Crippen LogP contribution < -0.4 is 0 Å². The number of allylic oxidation sites excluding steroid dienone is 2. The van der Waals surface area contributed by atoms with Gasteiger partial charge in [0.05, 0.1) is 14.0 Å². The quantitative estimate of drug-likeness (QED) is 0.498. The molecule has 0 rings (SSSR count). The molecule has 74 valence electrons.